The number of nitrogens with zero attached hydrogens (tertiary/aromatic N) is 3. The lowest BCUT2D eigenvalue weighted by molar-refractivity contribution is 0.124. The minimum Gasteiger partial charge on any atom is -0.493 e. The Kier molecular flexibility index (Phi) is 4.27. The molecule has 2 aliphatic heterocycles. The molecule has 0 saturated carbocycles. The van der Waals surface area contributed by atoms with E-state index in [-0.39, 0.29) is 0 Å². The van der Waals surface area contributed by atoms with E-state index < -0.39 is 0 Å². The maximum Gasteiger partial charge on any atom is 0.124 e. The summed E-state index contributed by atoms with van der Waals surface area (Å²) in [6.45, 7) is 3.03. The third kappa shape index (κ3) is 3.10. The zero-order valence-corrected chi connectivity index (χ0v) is 14.0. The van der Waals surface area contributed by atoms with Crippen molar-refractivity contribution in [1.29, 1.82) is 0 Å². The Morgan fingerprint density at radius 3 is 2.74 bits per heavy atom. The monoisotopic (exact) mass is 331 g/mol. The predicted octanol–water partition coefficient (Wildman–Crippen LogP) is 4.09. The molecule has 1 saturated heterocycles. The van der Waals surface area contributed by atoms with Crippen molar-refractivity contribution >= 4 is 11.6 Å². The van der Waals surface area contributed by atoms with Gasteiger partial charge in [0, 0.05) is 30.9 Å². The van der Waals surface area contributed by atoms with Gasteiger partial charge in [-0.1, -0.05) is 29.8 Å². The first-order chi connectivity index (χ1) is 11.3. The Morgan fingerprint density at radius 1 is 1.13 bits per heavy atom. The summed E-state index contributed by atoms with van der Waals surface area (Å²) in [7, 11) is 0. The maximum atomic E-state index is 6.00. The Balaban J connectivity index is 1.48. The van der Waals surface area contributed by atoms with E-state index in [0.717, 1.165) is 49.7 Å². The summed E-state index contributed by atoms with van der Waals surface area (Å²) in [5.74, 6) is 1.07. The fourth-order valence-corrected chi connectivity index (χ4v) is 4.00. The number of fused-ring (bicyclic) bond motifs is 1. The number of halogens is 1. The van der Waals surface area contributed by atoms with Crippen LogP contribution in [0.2, 0.25) is 5.02 Å². The molecular weight excluding hydrogens is 310 g/mol. The SMILES string of the molecule is Clc1cnn(C2CCN(C3CCCOc4ccccc43)CC2)c1. The summed E-state index contributed by atoms with van der Waals surface area (Å²) in [6, 6.07) is 9.47. The second kappa shape index (κ2) is 6.54. The maximum absolute atomic E-state index is 6.00. The van der Waals surface area contributed by atoms with Gasteiger partial charge in [0.25, 0.3) is 0 Å². The Bertz CT molecular complexity index is 664. The normalized spacial score (nSPS) is 23.1. The van der Waals surface area contributed by atoms with Crippen molar-refractivity contribution in [2.24, 2.45) is 0 Å². The van der Waals surface area contributed by atoms with Crippen molar-refractivity contribution in [2.45, 2.75) is 37.8 Å². The molecule has 1 aromatic heterocycles. The topological polar surface area (TPSA) is 30.3 Å². The van der Waals surface area contributed by atoms with Gasteiger partial charge < -0.3 is 4.74 Å². The Morgan fingerprint density at radius 2 is 1.96 bits per heavy atom. The van der Waals surface area contributed by atoms with Crippen LogP contribution in [0.15, 0.2) is 36.7 Å². The van der Waals surface area contributed by atoms with Gasteiger partial charge >= 0.3 is 0 Å². The lowest BCUT2D eigenvalue weighted by Gasteiger charge is -2.37. The highest BCUT2D eigenvalue weighted by Gasteiger charge is 2.29. The smallest absolute Gasteiger partial charge is 0.124 e. The van der Waals surface area contributed by atoms with Gasteiger partial charge in [-0.3, -0.25) is 9.58 Å². The van der Waals surface area contributed by atoms with E-state index >= 15 is 0 Å². The van der Waals surface area contributed by atoms with Crippen molar-refractivity contribution in [3.63, 3.8) is 0 Å². The molecule has 0 radical (unpaired) electrons. The Hall–Kier alpha value is -1.52. The van der Waals surface area contributed by atoms with E-state index in [9.17, 15) is 0 Å². The van der Waals surface area contributed by atoms with Gasteiger partial charge in [-0.2, -0.15) is 5.10 Å². The average Bonchev–Trinajstić information content (AvgIpc) is 2.91. The number of rotatable bonds is 2. The molecule has 1 atom stereocenters. The number of aromatic nitrogens is 2. The fourth-order valence-electron chi connectivity index (χ4n) is 3.86. The van der Waals surface area contributed by atoms with Gasteiger partial charge in [-0.25, -0.2) is 0 Å². The number of ether oxygens (including phenoxy) is 1. The summed E-state index contributed by atoms with van der Waals surface area (Å²) in [4.78, 5) is 2.62. The summed E-state index contributed by atoms with van der Waals surface area (Å²) >= 11 is 6.00. The van der Waals surface area contributed by atoms with Crippen LogP contribution in [-0.4, -0.2) is 34.4 Å². The molecule has 0 bridgehead atoms. The summed E-state index contributed by atoms with van der Waals surface area (Å²) in [5.41, 5.74) is 1.35. The van der Waals surface area contributed by atoms with Crippen LogP contribution in [0.4, 0.5) is 0 Å². The van der Waals surface area contributed by atoms with Crippen LogP contribution in [0, 0.1) is 0 Å². The summed E-state index contributed by atoms with van der Waals surface area (Å²) in [6.07, 6.45) is 8.21. The molecule has 0 amide bonds. The molecule has 122 valence electrons. The van der Waals surface area contributed by atoms with E-state index in [4.69, 9.17) is 16.3 Å². The molecule has 23 heavy (non-hydrogen) atoms. The van der Waals surface area contributed by atoms with E-state index in [0.29, 0.717) is 12.1 Å². The van der Waals surface area contributed by atoms with Crippen molar-refractivity contribution in [3.8, 4) is 5.75 Å². The van der Waals surface area contributed by atoms with Crippen molar-refractivity contribution in [3.05, 3.63) is 47.2 Å². The molecule has 2 aliphatic rings. The standard InChI is InChI=1S/C18H22ClN3O/c19-14-12-20-22(13-14)15-7-9-21(10-8-15)17-5-3-11-23-18-6-2-1-4-16(17)18/h1-2,4,6,12-13,15,17H,3,5,7-11H2. The highest BCUT2D eigenvalue weighted by molar-refractivity contribution is 6.30. The van der Waals surface area contributed by atoms with Gasteiger partial charge in [-0.15, -0.1) is 0 Å². The molecule has 0 N–H and O–H groups in total. The Labute approximate surface area is 142 Å². The number of likely N-dealkylation sites (tertiary alicyclic amines) is 1. The van der Waals surface area contributed by atoms with Crippen LogP contribution in [0.3, 0.4) is 0 Å². The number of hydrogen-bond donors (Lipinski definition) is 0. The largest absolute Gasteiger partial charge is 0.493 e. The van der Waals surface area contributed by atoms with Gasteiger partial charge in [-0.05, 0) is 31.7 Å². The van der Waals surface area contributed by atoms with Gasteiger partial charge in [0.15, 0.2) is 0 Å². The summed E-state index contributed by atoms with van der Waals surface area (Å²) in [5, 5.41) is 5.10. The highest BCUT2D eigenvalue weighted by atomic mass is 35.5. The van der Waals surface area contributed by atoms with Crippen LogP contribution < -0.4 is 4.74 Å². The van der Waals surface area contributed by atoms with Gasteiger partial charge in [0.1, 0.15) is 5.75 Å². The molecule has 2 aromatic rings. The molecule has 1 fully saturated rings. The van der Waals surface area contributed by atoms with Gasteiger partial charge in [0.05, 0.1) is 23.9 Å². The molecule has 1 aromatic carbocycles. The number of piperidine rings is 1. The molecule has 0 aliphatic carbocycles. The zero-order chi connectivity index (χ0) is 15.6. The fraction of sp³-hybridized carbons (Fsp3) is 0.500. The minimum absolute atomic E-state index is 0.469. The van der Waals surface area contributed by atoms with Gasteiger partial charge in [0.2, 0.25) is 0 Å². The lowest BCUT2D eigenvalue weighted by Crippen LogP contribution is -2.37. The first-order valence-electron chi connectivity index (χ1n) is 8.47. The molecule has 4 rings (SSSR count). The summed E-state index contributed by atoms with van der Waals surface area (Å²) < 4.78 is 7.94. The van der Waals surface area contributed by atoms with Crippen molar-refractivity contribution in [1.82, 2.24) is 14.7 Å². The van der Waals surface area contributed by atoms with E-state index in [1.807, 2.05) is 10.9 Å². The first-order valence-corrected chi connectivity index (χ1v) is 8.84. The molecule has 3 heterocycles. The van der Waals surface area contributed by atoms with Crippen LogP contribution in [-0.2, 0) is 0 Å². The molecule has 5 heteroatoms. The lowest BCUT2D eigenvalue weighted by atomic mass is 9.96. The van der Waals surface area contributed by atoms with E-state index in [2.05, 4.69) is 34.3 Å². The van der Waals surface area contributed by atoms with Crippen molar-refractivity contribution in [2.75, 3.05) is 19.7 Å². The van der Waals surface area contributed by atoms with Crippen LogP contribution in [0.5, 0.6) is 5.75 Å². The molecular formula is C18H22ClN3O. The number of benzene rings is 1. The third-order valence-corrected chi connectivity index (χ3v) is 5.24. The zero-order valence-electron chi connectivity index (χ0n) is 13.2. The predicted molar refractivity (Wildman–Crippen MR) is 91.0 cm³/mol. The van der Waals surface area contributed by atoms with Crippen LogP contribution in [0.1, 0.15) is 43.3 Å². The second-order valence-corrected chi connectivity index (χ2v) is 6.89. The van der Waals surface area contributed by atoms with Crippen LogP contribution in [0.25, 0.3) is 0 Å². The highest BCUT2D eigenvalue weighted by Crippen LogP contribution is 2.37. The van der Waals surface area contributed by atoms with Crippen molar-refractivity contribution < 1.29 is 4.74 Å². The molecule has 4 nitrogen and oxygen atoms in total. The van der Waals surface area contributed by atoms with E-state index in [1.165, 1.54) is 12.0 Å². The second-order valence-electron chi connectivity index (χ2n) is 6.45. The minimum atomic E-state index is 0.469. The average molecular weight is 332 g/mol. The van der Waals surface area contributed by atoms with E-state index in [1.54, 1.807) is 6.20 Å². The third-order valence-electron chi connectivity index (χ3n) is 5.04. The number of hydrogen-bond acceptors (Lipinski definition) is 3. The first kappa shape index (κ1) is 15.0. The van der Waals surface area contributed by atoms with Crippen LogP contribution >= 0.6 is 11.6 Å². The number of para-hydroxylation sites is 1. The molecule has 0 spiro atoms. The molecule has 1 unspecified atom stereocenters. The quantitative estimate of drug-likeness (QED) is 0.830.